The number of methoxy groups -OCH3 is 2. The van der Waals surface area contributed by atoms with Crippen LogP contribution in [-0.4, -0.2) is 46.4 Å². The van der Waals surface area contributed by atoms with Gasteiger partial charge in [-0.3, -0.25) is 0 Å². The summed E-state index contributed by atoms with van der Waals surface area (Å²) in [5.74, 6) is 0.357. The van der Waals surface area contributed by atoms with E-state index in [2.05, 4.69) is 20.3 Å². The van der Waals surface area contributed by atoms with Gasteiger partial charge < -0.3 is 19.9 Å². The molecule has 0 unspecified atom stereocenters. The Kier molecular flexibility index (Phi) is 2.78. The van der Waals surface area contributed by atoms with Gasteiger partial charge in [-0.15, -0.1) is 4.98 Å². The van der Waals surface area contributed by atoms with Crippen LogP contribution in [0.15, 0.2) is 0 Å². The van der Waals surface area contributed by atoms with E-state index in [0.717, 1.165) is 12.8 Å². The third-order valence-electron chi connectivity index (χ3n) is 2.49. The van der Waals surface area contributed by atoms with E-state index in [0.29, 0.717) is 5.95 Å². The first-order chi connectivity index (χ1) is 7.71. The molecule has 1 aliphatic carbocycles. The fraction of sp³-hybridized carbons (Fsp3) is 0.667. The van der Waals surface area contributed by atoms with Crippen LogP contribution in [-0.2, 0) is 0 Å². The van der Waals surface area contributed by atoms with Gasteiger partial charge in [0.1, 0.15) is 0 Å². The highest BCUT2D eigenvalue weighted by Crippen LogP contribution is 2.37. The van der Waals surface area contributed by atoms with Crippen LogP contribution in [0.1, 0.15) is 12.8 Å². The van der Waals surface area contributed by atoms with Crippen LogP contribution >= 0.6 is 0 Å². The Morgan fingerprint density at radius 3 is 2.12 bits per heavy atom. The van der Waals surface area contributed by atoms with Crippen LogP contribution in [0.4, 0.5) is 5.95 Å². The maximum atomic E-state index is 9.17. The molecule has 88 valence electrons. The average molecular weight is 226 g/mol. The van der Waals surface area contributed by atoms with Crippen molar-refractivity contribution < 1.29 is 14.6 Å². The summed E-state index contributed by atoms with van der Waals surface area (Å²) < 4.78 is 9.84. The highest BCUT2D eigenvalue weighted by molar-refractivity contribution is 5.35. The molecule has 1 saturated carbocycles. The van der Waals surface area contributed by atoms with Crippen molar-refractivity contribution >= 4 is 5.95 Å². The maximum Gasteiger partial charge on any atom is 0.324 e. The Labute approximate surface area is 92.8 Å². The van der Waals surface area contributed by atoms with Gasteiger partial charge >= 0.3 is 12.0 Å². The van der Waals surface area contributed by atoms with Gasteiger partial charge in [-0.05, 0) is 12.8 Å². The number of rotatable bonds is 5. The SMILES string of the molecule is COc1nc(NC2(CO)CC2)nc(OC)n1. The fourth-order valence-electron chi connectivity index (χ4n) is 1.29. The number of ether oxygens (including phenoxy) is 2. The summed E-state index contributed by atoms with van der Waals surface area (Å²) in [6.45, 7) is 0.0588. The molecule has 7 heteroatoms. The van der Waals surface area contributed by atoms with Crippen molar-refractivity contribution in [1.29, 1.82) is 0 Å². The molecule has 0 saturated heterocycles. The van der Waals surface area contributed by atoms with Gasteiger partial charge in [0.05, 0.1) is 26.4 Å². The number of anilines is 1. The van der Waals surface area contributed by atoms with E-state index in [1.165, 1.54) is 14.2 Å². The second kappa shape index (κ2) is 4.09. The molecular formula is C9H14N4O3. The van der Waals surface area contributed by atoms with Crippen molar-refractivity contribution in [3.63, 3.8) is 0 Å². The molecular weight excluding hydrogens is 212 g/mol. The minimum absolute atomic E-state index is 0.0588. The minimum Gasteiger partial charge on any atom is -0.467 e. The van der Waals surface area contributed by atoms with Crippen LogP contribution in [0.5, 0.6) is 12.0 Å². The predicted octanol–water partition coefficient (Wildman–Crippen LogP) is -0.174. The Hall–Kier alpha value is -1.63. The highest BCUT2D eigenvalue weighted by Gasteiger charge is 2.42. The predicted molar refractivity (Wildman–Crippen MR) is 55.6 cm³/mol. The van der Waals surface area contributed by atoms with Crippen LogP contribution < -0.4 is 14.8 Å². The first-order valence-corrected chi connectivity index (χ1v) is 4.94. The van der Waals surface area contributed by atoms with Crippen molar-refractivity contribution in [1.82, 2.24) is 15.0 Å². The van der Waals surface area contributed by atoms with Gasteiger partial charge in [0.15, 0.2) is 0 Å². The van der Waals surface area contributed by atoms with Crippen molar-refractivity contribution in [3.8, 4) is 12.0 Å². The number of nitrogens with one attached hydrogen (secondary N) is 1. The number of hydrogen-bond acceptors (Lipinski definition) is 7. The summed E-state index contributed by atoms with van der Waals surface area (Å²) in [6.07, 6.45) is 1.81. The fourth-order valence-corrected chi connectivity index (χ4v) is 1.29. The number of hydrogen-bond donors (Lipinski definition) is 2. The second-order valence-corrected chi connectivity index (χ2v) is 3.70. The standard InChI is InChI=1S/C9H14N4O3/c1-15-7-10-6(11-8(12-7)16-2)13-9(5-14)3-4-9/h14H,3-5H2,1-2H3,(H,10,11,12,13). The van der Waals surface area contributed by atoms with Gasteiger partial charge in [0, 0.05) is 0 Å². The quantitative estimate of drug-likeness (QED) is 0.720. The molecule has 0 atom stereocenters. The van der Waals surface area contributed by atoms with E-state index in [9.17, 15) is 5.11 Å². The molecule has 1 fully saturated rings. The van der Waals surface area contributed by atoms with E-state index in [4.69, 9.17) is 9.47 Å². The first-order valence-electron chi connectivity index (χ1n) is 4.94. The third-order valence-corrected chi connectivity index (χ3v) is 2.49. The molecule has 0 amide bonds. The summed E-state index contributed by atoms with van der Waals surface area (Å²) in [5.41, 5.74) is -0.280. The molecule has 0 spiro atoms. The zero-order valence-electron chi connectivity index (χ0n) is 9.23. The molecule has 0 aromatic carbocycles. The van der Waals surface area contributed by atoms with Crippen molar-refractivity contribution in [2.75, 3.05) is 26.1 Å². The number of aromatic nitrogens is 3. The summed E-state index contributed by atoms with van der Waals surface area (Å²) in [7, 11) is 2.94. The lowest BCUT2D eigenvalue weighted by molar-refractivity contribution is 0.265. The molecule has 0 aliphatic heterocycles. The molecule has 1 aliphatic rings. The summed E-state index contributed by atoms with van der Waals surface area (Å²) in [5, 5.41) is 12.2. The Morgan fingerprint density at radius 2 is 1.75 bits per heavy atom. The Bertz CT molecular complexity index is 359. The summed E-state index contributed by atoms with van der Waals surface area (Å²) in [6, 6.07) is 0.367. The molecule has 16 heavy (non-hydrogen) atoms. The summed E-state index contributed by atoms with van der Waals surface area (Å²) in [4.78, 5) is 11.9. The molecule has 1 heterocycles. The normalized spacial score (nSPS) is 16.7. The lowest BCUT2D eigenvalue weighted by atomic mass is 10.3. The molecule has 0 bridgehead atoms. The summed E-state index contributed by atoms with van der Waals surface area (Å²) >= 11 is 0. The monoisotopic (exact) mass is 226 g/mol. The number of aliphatic hydroxyl groups excluding tert-OH is 1. The lowest BCUT2D eigenvalue weighted by Crippen LogP contribution is -2.27. The van der Waals surface area contributed by atoms with Crippen LogP contribution in [0.3, 0.4) is 0 Å². The van der Waals surface area contributed by atoms with Crippen molar-refractivity contribution in [2.45, 2.75) is 18.4 Å². The van der Waals surface area contributed by atoms with E-state index in [-0.39, 0.29) is 24.2 Å². The maximum absolute atomic E-state index is 9.17. The smallest absolute Gasteiger partial charge is 0.324 e. The van der Waals surface area contributed by atoms with Crippen LogP contribution in [0, 0.1) is 0 Å². The molecule has 1 aromatic heterocycles. The molecule has 2 N–H and O–H groups in total. The highest BCUT2D eigenvalue weighted by atomic mass is 16.5. The van der Waals surface area contributed by atoms with E-state index >= 15 is 0 Å². The van der Waals surface area contributed by atoms with Crippen molar-refractivity contribution in [2.24, 2.45) is 0 Å². The first kappa shape index (κ1) is 10.9. The van der Waals surface area contributed by atoms with E-state index < -0.39 is 0 Å². The largest absolute Gasteiger partial charge is 0.467 e. The van der Waals surface area contributed by atoms with Gasteiger partial charge in [-0.25, -0.2) is 0 Å². The molecule has 7 nitrogen and oxygen atoms in total. The van der Waals surface area contributed by atoms with E-state index in [1.54, 1.807) is 0 Å². The van der Waals surface area contributed by atoms with Gasteiger partial charge in [0.2, 0.25) is 5.95 Å². The second-order valence-electron chi connectivity index (χ2n) is 3.70. The minimum atomic E-state index is -0.280. The van der Waals surface area contributed by atoms with Crippen LogP contribution in [0.2, 0.25) is 0 Å². The third kappa shape index (κ3) is 2.13. The van der Waals surface area contributed by atoms with Gasteiger partial charge in [-0.1, -0.05) is 0 Å². The number of nitrogens with zero attached hydrogens (tertiary/aromatic N) is 3. The van der Waals surface area contributed by atoms with Crippen LogP contribution in [0.25, 0.3) is 0 Å². The Morgan fingerprint density at radius 1 is 1.19 bits per heavy atom. The van der Waals surface area contributed by atoms with Gasteiger partial charge in [-0.2, -0.15) is 9.97 Å². The molecule has 2 rings (SSSR count). The van der Waals surface area contributed by atoms with Gasteiger partial charge in [0.25, 0.3) is 0 Å². The van der Waals surface area contributed by atoms with Crippen molar-refractivity contribution in [3.05, 3.63) is 0 Å². The molecule has 0 radical (unpaired) electrons. The zero-order valence-corrected chi connectivity index (χ0v) is 9.23. The average Bonchev–Trinajstić information content (AvgIpc) is 3.09. The topological polar surface area (TPSA) is 89.4 Å². The molecule has 1 aromatic rings. The number of aliphatic hydroxyl groups is 1. The lowest BCUT2D eigenvalue weighted by Gasteiger charge is -2.14. The van der Waals surface area contributed by atoms with E-state index in [1.807, 2.05) is 0 Å². The Balaban J connectivity index is 2.19. The zero-order chi connectivity index (χ0) is 11.6.